The van der Waals surface area contributed by atoms with Crippen LogP contribution < -0.4 is 4.74 Å². The zero-order valence-corrected chi connectivity index (χ0v) is 10.1. The number of aromatic nitrogens is 2. The summed E-state index contributed by atoms with van der Waals surface area (Å²) in [7, 11) is 0. The van der Waals surface area contributed by atoms with E-state index in [4.69, 9.17) is 9.47 Å². The second-order valence-corrected chi connectivity index (χ2v) is 4.22. The topological polar surface area (TPSA) is 64.2 Å². The Morgan fingerprint density at radius 2 is 2.24 bits per heavy atom. The van der Waals surface area contributed by atoms with Crippen LogP contribution in [0.3, 0.4) is 0 Å². The first-order chi connectivity index (χ1) is 8.29. The number of carbonyl (C=O) groups is 1. The van der Waals surface area contributed by atoms with Crippen molar-refractivity contribution in [1.82, 2.24) is 10.2 Å². The number of aromatic amines is 1. The third-order valence-corrected chi connectivity index (χ3v) is 2.88. The number of hydrogen-bond donors (Lipinski definition) is 1. The molecule has 0 bridgehead atoms. The van der Waals surface area contributed by atoms with E-state index in [2.05, 4.69) is 10.2 Å². The molecular weight excluding hydrogens is 220 g/mol. The van der Waals surface area contributed by atoms with Crippen molar-refractivity contribution in [2.75, 3.05) is 6.61 Å². The predicted molar refractivity (Wildman–Crippen MR) is 62.0 cm³/mol. The van der Waals surface area contributed by atoms with Crippen molar-refractivity contribution in [3.8, 4) is 5.88 Å². The summed E-state index contributed by atoms with van der Waals surface area (Å²) in [5.41, 5.74) is 0.276. The van der Waals surface area contributed by atoms with Crippen molar-refractivity contribution < 1.29 is 14.3 Å². The van der Waals surface area contributed by atoms with Crippen LogP contribution >= 0.6 is 0 Å². The lowest BCUT2D eigenvalue weighted by molar-refractivity contribution is 0.0519. The minimum Gasteiger partial charge on any atom is -0.475 e. The zero-order chi connectivity index (χ0) is 12.1. The Balaban J connectivity index is 1.91. The summed E-state index contributed by atoms with van der Waals surface area (Å²) in [5.74, 6) is 0.141. The predicted octanol–water partition coefficient (Wildman–Crippen LogP) is 2.30. The van der Waals surface area contributed by atoms with Gasteiger partial charge in [-0.05, 0) is 32.6 Å². The number of nitrogens with one attached hydrogen (secondary N) is 1. The summed E-state index contributed by atoms with van der Waals surface area (Å²) in [6.45, 7) is 2.12. The highest BCUT2D eigenvalue weighted by molar-refractivity contribution is 5.87. The van der Waals surface area contributed by atoms with Crippen molar-refractivity contribution in [2.24, 2.45) is 0 Å². The van der Waals surface area contributed by atoms with E-state index < -0.39 is 5.97 Å². The molecule has 2 rings (SSSR count). The molecule has 0 aromatic carbocycles. The Morgan fingerprint density at radius 1 is 1.47 bits per heavy atom. The van der Waals surface area contributed by atoms with Gasteiger partial charge in [0.2, 0.25) is 5.88 Å². The highest BCUT2D eigenvalue weighted by Crippen LogP contribution is 2.22. The van der Waals surface area contributed by atoms with Crippen LogP contribution in [0.25, 0.3) is 0 Å². The normalized spacial score (nSPS) is 16.8. The Bertz CT molecular complexity index is 370. The van der Waals surface area contributed by atoms with E-state index >= 15 is 0 Å². The van der Waals surface area contributed by atoms with E-state index in [-0.39, 0.29) is 11.8 Å². The van der Waals surface area contributed by atoms with Crippen LogP contribution in [0.1, 0.15) is 49.5 Å². The van der Waals surface area contributed by atoms with Crippen molar-refractivity contribution >= 4 is 5.97 Å². The zero-order valence-electron chi connectivity index (χ0n) is 10.1. The van der Waals surface area contributed by atoms with Gasteiger partial charge in [0, 0.05) is 6.07 Å². The fourth-order valence-electron chi connectivity index (χ4n) is 2.04. The molecule has 0 saturated heterocycles. The molecule has 1 aliphatic rings. The summed E-state index contributed by atoms with van der Waals surface area (Å²) < 4.78 is 10.6. The van der Waals surface area contributed by atoms with Crippen LogP contribution in [-0.4, -0.2) is 28.9 Å². The second-order valence-electron chi connectivity index (χ2n) is 4.22. The third-order valence-electron chi connectivity index (χ3n) is 2.88. The lowest BCUT2D eigenvalue weighted by atomic mass is 9.98. The molecule has 1 fully saturated rings. The number of ether oxygens (including phenoxy) is 2. The summed E-state index contributed by atoms with van der Waals surface area (Å²) in [5, 5.41) is 6.59. The van der Waals surface area contributed by atoms with Crippen LogP contribution in [-0.2, 0) is 4.74 Å². The largest absolute Gasteiger partial charge is 0.475 e. The number of nitrogens with zero attached hydrogens (tertiary/aromatic N) is 1. The molecule has 0 spiro atoms. The molecule has 94 valence electrons. The number of carbonyl (C=O) groups excluding carboxylic acids is 1. The molecule has 1 N–H and O–H groups in total. The first-order valence-electron chi connectivity index (χ1n) is 6.18. The molecule has 0 aliphatic heterocycles. The summed E-state index contributed by atoms with van der Waals surface area (Å²) >= 11 is 0. The number of hydrogen-bond acceptors (Lipinski definition) is 4. The maximum atomic E-state index is 11.4. The number of H-pyrrole nitrogens is 1. The molecule has 1 heterocycles. The van der Waals surface area contributed by atoms with Gasteiger partial charge in [-0.15, -0.1) is 0 Å². The molecule has 0 radical (unpaired) electrons. The molecule has 17 heavy (non-hydrogen) atoms. The Morgan fingerprint density at radius 3 is 2.94 bits per heavy atom. The third kappa shape index (κ3) is 3.22. The van der Waals surface area contributed by atoms with Crippen LogP contribution in [0.2, 0.25) is 0 Å². The van der Waals surface area contributed by atoms with Gasteiger partial charge in [0.15, 0.2) is 5.69 Å². The molecule has 0 unspecified atom stereocenters. The van der Waals surface area contributed by atoms with Gasteiger partial charge in [0.1, 0.15) is 6.10 Å². The number of rotatable bonds is 4. The number of esters is 1. The molecule has 5 nitrogen and oxygen atoms in total. The minimum absolute atomic E-state index is 0.249. The molecular formula is C12H18N2O3. The van der Waals surface area contributed by atoms with E-state index in [1.807, 2.05) is 0 Å². The van der Waals surface area contributed by atoms with Crippen LogP contribution in [0, 0.1) is 0 Å². The first-order valence-corrected chi connectivity index (χ1v) is 6.18. The lowest BCUT2D eigenvalue weighted by Crippen LogP contribution is -2.19. The van der Waals surface area contributed by atoms with E-state index in [9.17, 15) is 4.79 Å². The van der Waals surface area contributed by atoms with Gasteiger partial charge < -0.3 is 9.47 Å². The smallest absolute Gasteiger partial charge is 0.358 e. The standard InChI is InChI=1S/C12H18N2O3/c1-2-16-12(15)10-8-11(14-13-10)17-9-6-4-3-5-7-9/h8-9H,2-7H2,1H3,(H,13,14). The van der Waals surface area contributed by atoms with Crippen LogP contribution in [0.4, 0.5) is 0 Å². The molecule has 1 aromatic rings. The fraction of sp³-hybridized carbons (Fsp3) is 0.667. The monoisotopic (exact) mass is 238 g/mol. The van der Waals surface area contributed by atoms with Crippen molar-refractivity contribution in [3.63, 3.8) is 0 Å². The molecule has 5 heteroatoms. The summed E-state index contributed by atoms with van der Waals surface area (Å²) in [6.07, 6.45) is 6.12. The SMILES string of the molecule is CCOC(=O)c1cc(OC2CCCCC2)[nH]n1. The van der Waals surface area contributed by atoms with Gasteiger partial charge in [0.05, 0.1) is 6.61 Å². The van der Waals surface area contributed by atoms with E-state index in [1.54, 1.807) is 13.0 Å². The summed E-state index contributed by atoms with van der Waals surface area (Å²) in [6, 6.07) is 1.60. The quantitative estimate of drug-likeness (QED) is 0.817. The average Bonchev–Trinajstić information content (AvgIpc) is 2.79. The van der Waals surface area contributed by atoms with Gasteiger partial charge in [-0.3, -0.25) is 0 Å². The van der Waals surface area contributed by atoms with E-state index in [1.165, 1.54) is 19.3 Å². The molecule has 0 atom stereocenters. The highest BCUT2D eigenvalue weighted by Gasteiger charge is 2.17. The van der Waals surface area contributed by atoms with Gasteiger partial charge in [-0.25, -0.2) is 9.89 Å². The second kappa shape index (κ2) is 5.70. The van der Waals surface area contributed by atoms with Crippen molar-refractivity contribution in [3.05, 3.63) is 11.8 Å². The molecule has 0 amide bonds. The van der Waals surface area contributed by atoms with E-state index in [0.29, 0.717) is 12.5 Å². The Kier molecular flexibility index (Phi) is 4.01. The van der Waals surface area contributed by atoms with E-state index in [0.717, 1.165) is 12.8 Å². The fourth-order valence-corrected chi connectivity index (χ4v) is 2.04. The van der Waals surface area contributed by atoms with Crippen molar-refractivity contribution in [2.45, 2.75) is 45.1 Å². The maximum absolute atomic E-state index is 11.4. The average molecular weight is 238 g/mol. The van der Waals surface area contributed by atoms with Crippen LogP contribution in [0.5, 0.6) is 5.88 Å². The van der Waals surface area contributed by atoms with Crippen molar-refractivity contribution in [1.29, 1.82) is 0 Å². The van der Waals surface area contributed by atoms with Gasteiger partial charge in [-0.2, -0.15) is 5.10 Å². The maximum Gasteiger partial charge on any atom is 0.358 e. The van der Waals surface area contributed by atoms with Gasteiger partial charge >= 0.3 is 5.97 Å². The van der Waals surface area contributed by atoms with Crippen LogP contribution in [0.15, 0.2) is 6.07 Å². The lowest BCUT2D eigenvalue weighted by Gasteiger charge is -2.21. The summed E-state index contributed by atoms with van der Waals surface area (Å²) in [4.78, 5) is 11.4. The Labute approximate surface area is 100 Å². The van der Waals surface area contributed by atoms with Gasteiger partial charge in [-0.1, -0.05) is 6.42 Å². The molecule has 1 aliphatic carbocycles. The Hall–Kier alpha value is -1.52. The van der Waals surface area contributed by atoms with Gasteiger partial charge in [0.25, 0.3) is 0 Å². The minimum atomic E-state index is -0.415. The highest BCUT2D eigenvalue weighted by atomic mass is 16.5. The molecule has 1 aromatic heterocycles. The molecule has 1 saturated carbocycles. The first kappa shape index (κ1) is 12.0.